The van der Waals surface area contributed by atoms with Crippen molar-refractivity contribution in [3.63, 3.8) is 0 Å². The number of nitrogens with zero attached hydrogens (tertiary/aromatic N) is 2. The van der Waals surface area contributed by atoms with E-state index in [1.54, 1.807) is 0 Å². The van der Waals surface area contributed by atoms with E-state index in [0.29, 0.717) is 30.1 Å². The smallest absolute Gasteiger partial charge is 0.303 e. The highest BCUT2D eigenvalue weighted by Crippen LogP contribution is 2.42. The molecule has 0 spiro atoms. The van der Waals surface area contributed by atoms with Crippen molar-refractivity contribution in [1.82, 2.24) is 10.2 Å². The maximum absolute atomic E-state index is 10.5. The summed E-state index contributed by atoms with van der Waals surface area (Å²) in [5.41, 5.74) is 0.377. The van der Waals surface area contributed by atoms with Crippen LogP contribution in [0.5, 0.6) is 0 Å². The molecule has 1 aromatic rings. The van der Waals surface area contributed by atoms with Crippen molar-refractivity contribution < 1.29 is 14.3 Å². The molecule has 1 fully saturated rings. The molecule has 0 bridgehead atoms. The van der Waals surface area contributed by atoms with Gasteiger partial charge in [0, 0.05) is 18.8 Å². The standard InChI is InChI=1S/C16H26N2O3/c1-16(2,3)12-9-7-11(8-10-12)15-18-17-13(21-15)5-4-6-14(19)20/h11-12H,4-10H2,1-3H3,(H,19,20). The Kier molecular flexibility index (Phi) is 5.01. The van der Waals surface area contributed by atoms with E-state index < -0.39 is 5.97 Å². The lowest BCUT2D eigenvalue weighted by Gasteiger charge is -2.36. The SMILES string of the molecule is CC(C)(C)C1CCC(c2nnc(CCCC(=O)O)o2)CC1. The van der Waals surface area contributed by atoms with Gasteiger partial charge in [0.25, 0.3) is 0 Å². The summed E-state index contributed by atoms with van der Waals surface area (Å²) in [6.07, 6.45) is 5.89. The van der Waals surface area contributed by atoms with E-state index in [4.69, 9.17) is 9.52 Å². The average molecular weight is 294 g/mol. The fourth-order valence-corrected chi connectivity index (χ4v) is 3.13. The van der Waals surface area contributed by atoms with Crippen molar-refractivity contribution in [2.45, 2.75) is 71.6 Å². The third-order valence-corrected chi connectivity index (χ3v) is 4.56. The first-order chi connectivity index (χ1) is 9.86. The quantitative estimate of drug-likeness (QED) is 0.894. The molecule has 118 valence electrons. The molecule has 1 saturated carbocycles. The van der Waals surface area contributed by atoms with Gasteiger partial charge in [0.05, 0.1) is 0 Å². The zero-order valence-corrected chi connectivity index (χ0v) is 13.3. The van der Waals surface area contributed by atoms with Crippen LogP contribution in [0, 0.1) is 11.3 Å². The summed E-state index contributed by atoms with van der Waals surface area (Å²) in [6, 6.07) is 0. The summed E-state index contributed by atoms with van der Waals surface area (Å²) in [5, 5.41) is 16.8. The van der Waals surface area contributed by atoms with Gasteiger partial charge in [-0.05, 0) is 43.4 Å². The van der Waals surface area contributed by atoms with Crippen LogP contribution in [-0.2, 0) is 11.2 Å². The molecule has 1 aromatic heterocycles. The predicted molar refractivity (Wildman–Crippen MR) is 79.0 cm³/mol. The molecule has 0 atom stereocenters. The Balaban J connectivity index is 1.84. The van der Waals surface area contributed by atoms with Gasteiger partial charge >= 0.3 is 5.97 Å². The summed E-state index contributed by atoms with van der Waals surface area (Å²) >= 11 is 0. The van der Waals surface area contributed by atoms with E-state index in [9.17, 15) is 4.79 Å². The molecule has 5 nitrogen and oxygen atoms in total. The number of carboxylic acid groups (broad SMARTS) is 1. The first-order valence-corrected chi connectivity index (χ1v) is 7.90. The highest BCUT2D eigenvalue weighted by molar-refractivity contribution is 5.66. The normalized spacial score (nSPS) is 23.2. The minimum atomic E-state index is -0.782. The van der Waals surface area contributed by atoms with Crippen molar-refractivity contribution in [1.29, 1.82) is 0 Å². The Bertz CT molecular complexity index is 468. The lowest BCUT2D eigenvalue weighted by molar-refractivity contribution is -0.137. The van der Waals surface area contributed by atoms with Gasteiger partial charge in [-0.2, -0.15) is 0 Å². The molecule has 1 aliphatic rings. The maximum atomic E-state index is 10.5. The summed E-state index contributed by atoms with van der Waals surface area (Å²) < 4.78 is 5.71. The summed E-state index contributed by atoms with van der Waals surface area (Å²) in [4.78, 5) is 10.5. The van der Waals surface area contributed by atoms with Gasteiger partial charge in [-0.25, -0.2) is 0 Å². The van der Waals surface area contributed by atoms with Crippen LogP contribution in [0.4, 0.5) is 0 Å². The number of carbonyl (C=O) groups is 1. The van der Waals surface area contributed by atoms with Crippen LogP contribution in [0.3, 0.4) is 0 Å². The van der Waals surface area contributed by atoms with Crippen molar-refractivity contribution in [3.8, 4) is 0 Å². The first kappa shape index (κ1) is 16.0. The van der Waals surface area contributed by atoms with Crippen molar-refractivity contribution in [2.24, 2.45) is 11.3 Å². The largest absolute Gasteiger partial charge is 0.481 e. The first-order valence-electron chi connectivity index (χ1n) is 7.90. The highest BCUT2D eigenvalue weighted by Gasteiger charge is 2.32. The van der Waals surface area contributed by atoms with E-state index >= 15 is 0 Å². The molecule has 21 heavy (non-hydrogen) atoms. The zero-order chi connectivity index (χ0) is 15.5. The second-order valence-corrected chi connectivity index (χ2v) is 7.20. The molecule has 0 unspecified atom stereocenters. The minimum Gasteiger partial charge on any atom is -0.481 e. The number of aryl methyl sites for hydroxylation is 1. The van der Waals surface area contributed by atoms with Crippen LogP contribution in [0.25, 0.3) is 0 Å². The molecule has 0 amide bonds. The second kappa shape index (κ2) is 6.58. The van der Waals surface area contributed by atoms with Crippen molar-refractivity contribution in [2.75, 3.05) is 0 Å². The second-order valence-electron chi connectivity index (χ2n) is 7.20. The fourth-order valence-electron chi connectivity index (χ4n) is 3.13. The minimum absolute atomic E-state index is 0.147. The molecule has 1 heterocycles. The molecular formula is C16H26N2O3. The molecule has 2 rings (SSSR count). The monoisotopic (exact) mass is 294 g/mol. The fraction of sp³-hybridized carbons (Fsp3) is 0.812. The van der Waals surface area contributed by atoms with Crippen LogP contribution < -0.4 is 0 Å². The Morgan fingerprint density at radius 2 is 1.90 bits per heavy atom. The zero-order valence-electron chi connectivity index (χ0n) is 13.3. The number of carboxylic acids is 1. The highest BCUT2D eigenvalue weighted by atomic mass is 16.4. The van der Waals surface area contributed by atoms with Gasteiger partial charge in [0.15, 0.2) is 0 Å². The van der Waals surface area contributed by atoms with Gasteiger partial charge in [0.1, 0.15) is 0 Å². The summed E-state index contributed by atoms with van der Waals surface area (Å²) in [7, 11) is 0. The van der Waals surface area contributed by atoms with Crippen LogP contribution in [0.15, 0.2) is 4.42 Å². The van der Waals surface area contributed by atoms with E-state index in [1.807, 2.05) is 0 Å². The number of hydrogen-bond donors (Lipinski definition) is 1. The number of hydrogen-bond acceptors (Lipinski definition) is 4. The van der Waals surface area contributed by atoms with Crippen LogP contribution >= 0.6 is 0 Å². The molecule has 5 heteroatoms. The molecule has 0 radical (unpaired) electrons. The Labute approximate surface area is 126 Å². The number of aliphatic carboxylic acids is 1. The Morgan fingerprint density at radius 3 is 2.48 bits per heavy atom. The van der Waals surface area contributed by atoms with E-state index in [1.165, 1.54) is 12.8 Å². The maximum Gasteiger partial charge on any atom is 0.303 e. The number of rotatable bonds is 5. The molecular weight excluding hydrogens is 268 g/mol. The van der Waals surface area contributed by atoms with Gasteiger partial charge in [0.2, 0.25) is 11.8 Å². The summed E-state index contributed by atoms with van der Waals surface area (Å²) in [6.45, 7) is 6.93. The van der Waals surface area contributed by atoms with Crippen LogP contribution in [0.2, 0.25) is 0 Å². The van der Waals surface area contributed by atoms with E-state index in [0.717, 1.165) is 24.7 Å². The van der Waals surface area contributed by atoms with E-state index in [-0.39, 0.29) is 6.42 Å². The third-order valence-electron chi connectivity index (χ3n) is 4.56. The summed E-state index contributed by atoms with van der Waals surface area (Å²) in [5.74, 6) is 1.68. The molecule has 0 aromatic carbocycles. The van der Waals surface area contributed by atoms with Crippen molar-refractivity contribution >= 4 is 5.97 Å². The Hall–Kier alpha value is -1.39. The molecule has 1 N–H and O–H groups in total. The average Bonchev–Trinajstić information content (AvgIpc) is 2.86. The lowest BCUT2D eigenvalue weighted by atomic mass is 9.70. The topological polar surface area (TPSA) is 76.2 Å². The van der Waals surface area contributed by atoms with Gasteiger partial charge in [-0.3, -0.25) is 4.79 Å². The van der Waals surface area contributed by atoms with Crippen LogP contribution in [0.1, 0.15) is 77.0 Å². The molecule has 0 aliphatic heterocycles. The Morgan fingerprint density at radius 1 is 1.24 bits per heavy atom. The van der Waals surface area contributed by atoms with Gasteiger partial charge in [-0.15, -0.1) is 10.2 Å². The molecule has 0 saturated heterocycles. The lowest BCUT2D eigenvalue weighted by Crippen LogP contribution is -2.25. The van der Waals surface area contributed by atoms with Crippen molar-refractivity contribution in [3.05, 3.63) is 11.8 Å². The van der Waals surface area contributed by atoms with E-state index in [2.05, 4.69) is 31.0 Å². The van der Waals surface area contributed by atoms with Crippen LogP contribution in [-0.4, -0.2) is 21.3 Å². The van der Waals surface area contributed by atoms with Gasteiger partial charge < -0.3 is 9.52 Å². The number of aromatic nitrogens is 2. The molecule has 1 aliphatic carbocycles. The predicted octanol–water partition coefficient (Wildman–Crippen LogP) is 3.80. The third kappa shape index (κ3) is 4.55. The van der Waals surface area contributed by atoms with Gasteiger partial charge in [-0.1, -0.05) is 20.8 Å².